The van der Waals surface area contributed by atoms with Gasteiger partial charge in [-0.2, -0.15) is 0 Å². The van der Waals surface area contributed by atoms with Gasteiger partial charge in [-0.15, -0.1) is 0 Å². The highest BCUT2D eigenvalue weighted by Gasteiger charge is 2.51. The van der Waals surface area contributed by atoms with Gasteiger partial charge in [0.15, 0.2) is 0 Å². The second-order valence-corrected chi connectivity index (χ2v) is 10.5. The first-order chi connectivity index (χ1) is 14.5. The minimum absolute atomic E-state index is 0.0605. The Morgan fingerprint density at radius 2 is 1.67 bits per heavy atom. The van der Waals surface area contributed by atoms with E-state index in [1.165, 1.54) is 49.8 Å². The average molecular weight is 406 g/mol. The van der Waals surface area contributed by atoms with Crippen molar-refractivity contribution < 1.29 is 4.79 Å². The maximum Gasteiger partial charge on any atom is 0.318 e. The molecule has 4 aliphatic carbocycles. The Labute approximate surface area is 180 Å². The summed E-state index contributed by atoms with van der Waals surface area (Å²) in [4.78, 5) is 15.5. The van der Waals surface area contributed by atoms with E-state index in [2.05, 4.69) is 72.4 Å². The van der Waals surface area contributed by atoms with Crippen molar-refractivity contribution in [2.75, 3.05) is 0 Å². The number of hydrogen-bond acceptors (Lipinski definition) is 1. The standard InChI is InChI=1S/C26H35N3O/c1-19(2)29(18-24-9-6-10-28(24)17-20-7-4-3-5-8-20)25(30)27-26-14-21-11-22(15-26)13-23(12-21)16-26/h3-10,19,21-23H,11-18H2,1-2H3,(H,27,30). The number of aromatic nitrogens is 1. The molecule has 4 saturated carbocycles. The minimum Gasteiger partial charge on any atom is -0.345 e. The summed E-state index contributed by atoms with van der Waals surface area (Å²) in [5.41, 5.74) is 2.53. The summed E-state index contributed by atoms with van der Waals surface area (Å²) in [5, 5.41) is 3.57. The van der Waals surface area contributed by atoms with Gasteiger partial charge in [-0.3, -0.25) is 0 Å². The van der Waals surface area contributed by atoms with Crippen molar-refractivity contribution in [2.24, 2.45) is 17.8 Å². The number of carbonyl (C=O) groups is 1. The van der Waals surface area contributed by atoms with E-state index in [4.69, 9.17) is 0 Å². The van der Waals surface area contributed by atoms with Crippen molar-refractivity contribution in [3.8, 4) is 0 Å². The topological polar surface area (TPSA) is 37.3 Å². The Kier molecular flexibility index (Phi) is 5.12. The first-order valence-corrected chi connectivity index (χ1v) is 11.8. The number of nitrogens with zero attached hydrogens (tertiary/aromatic N) is 2. The molecule has 0 saturated heterocycles. The molecule has 4 nitrogen and oxygen atoms in total. The molecule has 4 aliphatic rings. The number of nitrogens with one attached hydrogen (secondary N) is 1. The van der Waals surface area contributed by atoms with Crippen molar-refractivity contribution in [1.29, 1.82) is 0 Å². The van der Waals surface area contributed by atoms with Crippen LogP contribution in [0.1, 0.15) is 63.6 Å². The first-order valence-electron chi connectivity index (χ1n) is 11.8. The van der Waals surface area contributed by atoms with E-state index in [0.717, 1.165) is 24.3 Å². The molecule has 0 atom stereocenters. The summed E-state index contributed by atoms with van der Waals surface area (Å²) in [6.45, 7) is 5.74. The third kappa shape index (κ3) is 3.89. The van der Waals surface area contributed by atoms with Crippen LogP contribution in [0.5, 0.6) is 0 Å². The lowest BCUT2D eigenvalue weighted by atomic mass is 9.53. The fraction of sp³-hybridized carbons (Fsp3) is 0.577. The van der Waals surface area contributed by atoms with Gasteiger partial charge in [0.1, 0.15) is 0 Å². The number of carbonyl (C=O) groups excluding carboxylic acids is 1. The number of rotatable bonds is 6. The molecule has 0 radical (unpaired) electrons. The Hall–Kier alpha value is -2.23. The van der Waals surface area contributed by atoms with E-state index in [-0.39, 0.29) is 17.6 Å². The molecule has 4 fully saturated rings. The molecule has 1 aromatic heterocycles. The zero-order valence-electron chi connectivity index (χ0n) is 18.4. The first kappa shape index (κ1) is 19.7. The third-order valence-electron chi connectivity index (χ3n) is 7.75. The van der Waals surface area contributed by atoms with E-state index in [1.54, 1.807) is 0 Å². The van der Waals surface area contributed by atoms with E-state index >= 15 is 0 Å². The quantitative estimate of drug-likeness (QED) is 0.684. The predicted octanol–water partition coefficient (Wildman–Crippen LogP) is 5.43. The van der Waals surface area contributed by atoms with Gasteiger partial charge in [0.05, 0.1) is 6.54 Å². The maximum absolute atomic E-state index is 13.5. The van der Waals surface area contributed by atoms with E-state index in [9.17, 15) is 4.79 Å². The highest BCUT2D eigenvalue weighted by atomic mass is 16.2. The van der Waals surface area contributed by atoms with Crippen molar-refractivity contribution in [2.45, 2.75) is 77.0 Å². The van der Waals surface area contributed by atoms with Gasteiger partial charge in [-0.1, -0.05) is 30.3 Å². The average Bonchev–Trinajstić information content (AvgIpc) is 3.11. The zero-order chi connectivity index (χ0) is 20.7. The number of benzene rings is 1. The summed E-state index contributed by atoms with van der Waals surface area (Å²) >= 11 is 0. The predicted molar refractivity (Wildman–Crippen MR) is 120 cm³/mol. The van der Waals surface area contributed by atoms with Crippen LogP contribution in [0.4, 0.5) is 4.79 Å². The Balaban J connectivity index is 1.30. The fourth-order valence-electron chi connectivity index (χ4n) is 6.75. The Morgan fingerprint density at radius 1 is 1.03 bits per heavy atom. The molecular formula is C26H35N3O. The summed E-state index contributed by atoms with van der Waals surface area (Å²) < 4.78 is 2.27. The van der Waals surface area contributed by atoms with Crippen molar-refractivity contribution in [3.05, 3.63) is 59.9 Å². The highest BCUT2D eigenvalue weighted by Crippen LogP contribution is 2.55. The van der Waals surface area contributed by atoms with Crippen molar-refractivity contribution in [1.82, 2.24) is 14.8 Å². The number of urea groups is 1. The lowest BCUT2D eigenvalue weighted by molar-refractivity contribution is -0.0163. The zero-order valence-corrected chi connectivity index (χ0v) is 18.4. The van der Waals surface area contributed by atoms with Crippen LogP contribution in [-0.2, 0) is 13.1 Å². The maximum atomic E-state index is 13.5. The minimum atomic E-state index is 0.0605. The highest BCUT2D eigenvalue weighted by molar-refractivity contribution is 5.75. The largest absolute Gasteiger partial charge is 0.345 e. The molecule has 160 valence electrons. The Morgan fingerprint density at radius 3 is 2.27 bits per heavy atom. The number of amides is 2. The second kappa shape index (κ2) is 7.79. The van der Waals surface area contributed by atoms with Gasteiger partial charge >= 0.3 is 6.03 Å². The van der Waals surface area contributed by atoms with Gasteiger partial charge in [0.2, 0.25) is 0 Å². The molecule has 4 heteroatoms. The van der Waals surface area contributed by atoms with Gasteiger partial charge in [-0.25, -0.2) is 4.79 Å². The van der Waals surface area contributed by atoms with Crippen LogP contribution in [-0.4, -0.2) is 27.1 Å². The fourth-order valence-corrected chi connectivity index (χ4v) is 6.75. The van der Waals surface area contributed by atoms with Crippen LogP contribution in [0.15, 0.2) is 48.7 Å². The molecule has 1 heterocycles. The molecule has 2 aromatic rings. The van der Waals surface area contributed by atoms with Gasteiger partial charge in [0.25, 0.3) is 0 Å². The van der Waals surface area contributed by atoms with Crippen LogP contribution in [0.25, 0.3) is 0 Å². The molecule has 1 N–H and O–H groups in total. The lowest BCUT2D eigenvalue weighted by Gasteiger charge is -2.57. The number of hydrogen-bond donors (Lipinski definition) is 1. The van der Waals surface area contributed by atoms with Crippen LogP contribution in [0, 0.1) is 17.8 Å². The molecule has 2 amide bonds. The van der Waals surface area contributed by atoms with E-state index in [1.807, 2.05) is 4.90 Å². The molecule has 1 aromatic carbocycles. The summed E-state index contributed by atoms with van der Waals surface area (Å²) in [6, 6.07) is 15.1. The van der Waals surface area contributed by atoms with Crippen molar-refractivity contribution >= 4 is 6.03 Å². The lowest BCUT2D eigenvalue weighted by Crippen LogP contribution is -2.62. The molecule has 30 heavy (non-hydrogen) atoms. The van der Waals surface area contributed by atoms with Crippen molar-refractivity contribution in [3.63, 3.8) is 0 Å². The molecule has 4 bridgehead atoms. The second-order valence-electron chi connectivity index (χ2n) is 10.5. The van der Waals surface area contributed by atoms with Crippen LogP contribution >= 0.6 is 0 Å². The SMILES string of the molecule is CC(C)N(Cc1cccn1Cc1ccccc1)C(=O)NC12CC3CC(CC(C3)C1)C2. The smallest absolute Gasteiger partial charge is 0.318 e. The van der Waals surface area contributed by atoms with Gasteiger partial charge in [-0.05, 0) is 87.8 Å². The summed E-state index contributed by atoms with van der Waals surface area (Å²) in [7, 11) is 0. The third-order valence-corrected chi connectivity index (χ3v) is 7.75. The van der Waals surface area contributed by atoms with Crippen LogP contribution < -0.4 is 5.32 Å². The van der Waals surface area contributed by atoms with E-state index in [0.29, 0.717) is 6.54 Å². The van der Waals surface area contributed by atoms with Gasteiger partial charge in [0, 0.05) is 30.0 Å². The van der Waals surface area contributed by atoms with Gasteiger partial charge < -0.3 is 14.8 Å². The molecular weight excluding hydrogens is 370 g/mol. The Bertz CT molecular complexity index is 849. The molecule has 0 unspecified atom stereocenters. The van der Waals surface area contributed by atoms with Crippen LogP contribution in [0.2, 0.25) is 0 Å². The normalized spacial score (nSPS) is 29.4. The molecule has 0 aliphatic heterocycles. The van der Waals surface area contributed by atoms with E-state index < -0.39 is 0 Å². The molecule has 6 rings (SSSR count). The molecule has 0 spiro atoms. The summed E-state index contributed by atoms with van der Waals surface area (Å²) in [5.74, 6) is 2.52. The monoisotopic (exact) mass is 405 g/mol. The summed E-state index contributed by atoms with van der Waals surface area (Å²) in [6.07, 6.45) is 9.91. The van der Waals surface area contributed by atoms with Crippen LogP contribution in [0.3, 0.4) is 0 Å².